The Morgan fingerprint density at radius 2 is 2.00 bits per heavy atom. The van der Waals surface area contributed by atoms with Crippen molar-refractivity contribution >= 4 is 18.6 Å². The zero-order chi connectivity index (χ0) is 13.5. The van der Waals surface area contributed by atoms with Crippen LogP contribution in [0.25, 0.3) is 11.0 Å². The lowest BCUT2D eigenvalue weighted by Crippen LogP contribution is -2.02. The molecule has 1 aromatic carbocycles. The molecule has 18 heavy (non-hydrogen) atoms. The van der Waals surface area contributed by atoms with Crippen LogP contribution in [0.15, 0.2) is 27.4 Å². The van der Waals surface area contributed by atoms with Crippen molar-refractivity contribution in [3.8, 4) is 0 Å². The molecular weight excluding hydrogens is 262 g/mol. The van der Waals surface area contributed by atoms with Gasteiger partial charge in [0.15, 0.2) is 0 Å². The van der Waals surface area contributed by atoms with Crippen molar-refractivity contribution in [3.05, 3.63) is 45.6 Å². The topological polar surface area (TPSA) is 87.7 Å². The number of halogens is 1. The van der Waals surface area contributed by atoms with Crippen molar-refractivity contribution in [2.75, 3.05) is 0 Å². The molecule has 0 amide bonds. The van der Waals surface area contributed by atoms with Crippen LogP contribution in [0.1, 0.15) is 11.1 Å². The van der Waals surface area contributed by atoms with Gasteiger partial charge < -0.3 is 14.2 Å². The fourth-order valence-corrected chi connectivity index (χ4v) is 2.49. The number of aryl methyl sites for hydroxylation is 1. The maximum Gasteiger partial charge on any atom is 0.336 e. The van der Waals surface area contributed by atoms with Crippen LogP contribution in [0, 0.1) is 12.7 Å². The largest absolute Gasteiger partial charge is 0.423 e. The van der Waals surface area contributed by atoms with Crippen molar-refractivity contribution < 1.29 is 23.2 Å². The molecule has 7 heteroatoms. The van der Waals surface area contributed by atoms with E-state index in [2.05, 4.69) is 0 Å². The third-order valence-electron chi connectivity index (χ3n) is 2.40. The Morgan fingerprint density at radius 1 is 1.33 bits per heavy atom. The van der Waals surface area contributed by atoms with E-state index in [4.69, 9.17) is 14.2 Å². The molecule has 1 aromatic heterocycles. The summed E-state index contributed by atoms with van der Waals surface area (Å²) < 4.78 is 29.6. The van der Waals surface area contributed by atoms with E-state index in [1.54, 1.807) is 6.92 Å². The molecule has 0 aliphatic carbocycles. The summed E-state index contributed by atoms with van der Waals surface area (Å²) in [5, 5.41) is -0.0662. The molecule has 0 spiro atoms. The maximum atomic E-state index is 13.8. The molecular formula is C11H10FO5P. The predicted octanol–water partition coefficient (Wildman–Crippen LogP) is 1.92. The summed E-state index contributed by atoms with van der Waals surface area (Å²) >= 11 is 0. The van der Waals surface area contributed by atoms with Crippen molar-refractivity contribution in [2.24, 2.45) is 0 Å². The minimum atomic E-state index is -4.39. The van der Waals surface area contributed by atoms with Gasteiger partial charge in [-0.3, -0.25) is 4.57 Å². The second-order valence-corrected chi connectivity index (χ2v) is 5.68. The summed E-state index contributed by atoms with van der Waals surface area (Å²) in [4.78, 5) is 29.1. The third kappa shape index (κ3) is 2.67. The van der Waals surface area contributed by atoms with Gasteiger partial charge in [0, 0.05) is 6.07 Å². The van der Waals surface area contributed by atoms with Gasteiger partial charge in [0.05, 0.1) is 11.5 Å². The quantitative estimate of drug-likeness (QED) is 0.644. The van der Waals surface area contributed by atoms with Crippen LogP contribution in [0.4, 0.5) is 4.39 Å². The third-order valence-corrected chi connectivity index (χ3v) is 3.15. The van der Waals surface area contributed by atoms with E-state index in [1.165, 1.54) is 12.1 Å². The minimum absolute atomic E-state index is 0.0107. The van der Waals surface area contributed by atoms with Crippen molar-refractivity contribution in [1.29, 1.82) is 0 Å². The van der Waals surface area contributed by atoms with Crippen LogP contribution < -0.4 is 5.63 Å². The SMILES string of the molecule is Cc1cc(F)c2c(CP(=O)(O)O)cc(=O)oc2c1. The van der Waals surface area contributed by atoms with E-state index in [9.17, 15) is 13.8 Å². The zero-order valence-electron chi connectivity index (χ0n) is 9.38. The molecule has 0 bridgehead atoms. The Labute approximate surface area is 101 Å². The van der Waals surface area contributed by atoms with Crippen molar-refractivity contribution in [1.82, 2.24) is 0 Å². The zero-order valence-corrected chi connectivity index (χ0v) is 10.3. The molecule has 5 nitrogen and oxygen atoms in total. The van der Waals surface area contributed by atoms with Crippen LogP contribution in [-0.4, -0.2) is 9.79 Å². The lowest BCUT2D eigenvalue weighted by molar-refractivity contribution is 0.372. The Balaban J connectivity index is 2.80. The first-order valence-corrected chi connectivity index (χ1v) is 6.83. The second kappa shape index (κ2) is 4.31. The molecule has 2 aromatic rings. The molecule has 0 aliphatic rings. The first-order chi connectivity index (χ1) is 8.26. The Morgan fingerprint density at radius 3 is 2.61 bits per heavy atom. The van der Waals surface area contributed by atoms with Crippen LogP contribution >= 0.6 is 7.60 Å². The summed E-state index contributed by atoms with van der Waals surface area (Å²) in [5.74, 6) is -0.669. The van der Waals surface area contributed by atoms with Gasteiger partial charge in [0.2, 0.25) is 0 Å². The minimum Gasteiger partial charge on any atom is -0.423 e. The van der Waals surface area contributed by atoms with Crippen molar-refractivity contribution in [3.63, 3.8) is 0 Å². The van der Waals surface area contributed by atoms with Crippen LogP contribution in [0.5, 0.6) is 0 Å². The van der Waals surface area contributed by atoms with E-state index in [0.717, 1.165) is 6.07 Å². The molecule has 1 heterocycles. The average molecular weight is 272 g/mol. The highest BCUT2D eigenvalue weighted by Crippen LogP contribution is 2.40. The first kappa shape index (κ1) is 13.0. The normalized spacial score (nSPS) is 12.0. The first-order valence-electron chi connectivity index (χ1n) is 5.04. The van der Waals surface area contributed by atoms with E-state index in [1.807, 2.05) is 0 Å². The second-order valence-electron chi connectivity index (χ2n) is 4.03. The van der Waals surface area contributed by atoms with E-state index < -0.39 is 25.2 Å². The monoisotopic (exact) mass is 272 g/mol. The molecule has 0 fully saturated rings. The Bertz CT molecular complexity index is 715. The molecule has 0 saturated heterocycles. The van der Waals surface area contributed by atoms with Crippen LogP contribution in [-0.2, 0) is 10.7 Å². The molecule has 2 N–H and O–H groups in total. The summed E-state index contributed by atoms with van der Waals surface area (Å²) in [6.07, 6.45) is -0.699. The van der Waals surface area contributed by atoms with E-state index in [0.29, 0.717) is 5.56 Å². The Kier molecular flexibility index (Phi) is 3.11. The van der Waals surface area contributed by atoms with Gasteiger partial charge in [0.25, 0.3) is 0 Å². The highest BCUT2D eigenvalue weighted by Gasteiger charge is 2.19. The summed E-state index contributed by atoms with van der Waals surface area (Å²) in [6, 6.07) is 3.56. The molecule has 0 radical (unpaired) electrons. The molecule has 0 unspecified atom stereocenters. The average Bonchev–Trinajstić information content (AvgIpc) is 2.11. The standard InChI is InChI=1S/C11H10FO5P/c1-6-2-8(12)11-7(5-18(14,15)16)4-10(13)17-9(11)3-6/h2-4H,5H2,1H3,(H2,14,15,16). The van der Waals surface area contributed by atoms with E-state index in [-0.39, 0.29) is 16.5 Å². The predicted molar refractivity (Wildman–Crippen MR) is 62.9 cm³/mol. The highest BCUT2D eigenvalue weighted by molar-refractivity contribution is 7.50. The number of benzene rings is 1. The molecule has 96 valence electrons. The van der Waals surface area contributed by atoms with Crippen LogP contribution in [0.2, 0.25) is 0 Å². The molecule has 0 aliphatic heterocycles. The number of hydrogen-bond donors (Lipinski definition) is 2. The van der Waals surface area contributed by atoms with Gasteiger partial charge in [0.1, 0.15) is 11.4 Å². The number of rotatable bonds is 2. The summed E-state index contributed by atoms with van der Waals surface area (Å²) in [7, 11) is -4.39. The van der Waals surface area contributed by atoms with Crippen LogP contribution in [0.3, 0.4) is 0 Å². The summed E-state index contributed by atoms with van der Waals surface area (Å²) in [6.45, 7) is 1.62. The highest BCUT2D eigenvalue weighted by atomic mass is 31.2. The maximum absolute atomic E-state index is 13.8. The fraction of sp³-hybridized carbons (Fsp3) is 0.182. The number of hydrogen-bond acceptors (Lipinski definition) is 3. The fourth-order valence-electron chi connectivity index (χ4n) is 1.80. The smallest absolute Gasteiger partial charge is 0.336 e. The van der Waals surface area contributed by atoms with Gasteiger partial charge in [-0.2, -0.15) is 0 Å². The van der Waals surface area contributed by atoms with Gasteiger partial charge in [-0.25, -0.2) is 9.18 Å². The number of fused-ring (bicyclic) bond motifs is 1. The molecule has 2 rings (SSSR count). The molecule has 0 saturated carbocycles. The van der Waals surface area contributed by atoms with Gasteiger partial charge >= 0.3 is 13.2 Å². The van der Waals surface area contributed by atoms with E-state index >= 15 is 0 Å². The summed E-state index contributed by atoms with van der Waals surface area (Å²) in [5.41, 5.74) is -0.275. The molecule has 0 atom stereocenters. The van der Waals surface area contributed by atoms with Crippen molar-refractivity contribution in [2.45, 2.75) is 13.1 Å². The van der Waals surface area contributed by atoms with Gasteiger partial charge in [-0.1, -0.05) is 0 Å². The lowest BCUT2D eigenvalue weighted by atomic mass is 10.1. The lowest BCUT2D eigenvalue weighted by Gasteiger charge is -2.08. The van der Waals surface area contributed by atoms with Gasteiger partial charge in [-0.05, 0) is 30.2 Å². The Hall–Kier alpha value is -1.49. The van der Waals surface area contributed by atoms with Gasteiger partial charge in [-0.15, -0.1) is 0 Å².